The molecule has 0 aromatic heterocycles. The van der Waals surface area contributed by atoms with E-state index in [9.17, 15) is 9.90 Å². The summed E-state index contributed by atoms with van der Waals surface area (Å²) in [5.41, 5.74) is 9.56. The van der Waals surface area contributed by atoms with Gasteiger partial charge in [-0.25, -0.2) is 4.79 Å². The van der Waals surface area contributed by atoms with Crippen molar-refractivity contribution in [2.75, 3.05) is 6.61 Å². The lowest BCUT2D eigenvalue weighted by atomic mass is 10.0. The molecule has 1 atom stereocenters. The molecule has 0 amide bonds. The van der Waals surface area contributed by atoms with Gasteiger partial charge in [-0.15, -0.1) is 0 Å². The predicted molar refractivity (Wildman–Crippen MR) is 70.6 cm³/mol. The Morgan fingerprint density at radius 2 is 2.11 bits per heavy atom. The van der Waals surface area contributed by atoms with Crippen LogP contribution in [0.2, 0.25) is 0 Å². The largest absolute Gasteiger partial charge is 0.457 e. The number of ether oxygens (including phenoxy) is 1. The van der Waals surface area contributed by atoms with Crippen LogP contribution in [-0.4, -0.2) is 34.3 Å². The van der Waals surface area contributed by atoms with Gasteiger partial charge in [-0.3, -0.25) is 0 Å². The van der Waals surface area contributed by atoms with Crippen molar-refractivity contribution in [2.45, 2.75) is 32.3 Å². The lowest BCUT2D eigenvalue weighted by molar-refractivity contribution is -0.141. The average molecular weight is 262 g/mol. The fourth-order valence-electron chi connectivity index (χ4n) is 1.73. The fraction of sp³-hybridized carbons (Fsp3) is 0.429. The highest BCUT2D eigenvalue weighted by Crippen LogP contribution is 2.07. The van der Waals surface area contributed by atoms with Gasteiger partial charge in [0.25, 0.3) is 0 Å². The van der Waals surface area contributed by atoms with Crippen molar-refractivity contribution in [1.82, 2.24) is 0 Å². The molecule has 0 saturated carbocycles. The monoisotopic (exact) mass is 262 g/mol. The van der Waals surface area contributed by atoms with Crippen molar-refractivity contribution in [3.05, 3.63) is 41.4 Å². The SMILES string of the molecule is CCOC(=O)C(=[N+]=[N-])C(O)CCCc1ccccc1. The third kappa shape index (κ3) is 5.04. The Kier molecular flexibility index (Phi) is 6.50. The van der Waals surface area contributed by atoms with Gasteiger partial charge in [-0.05, 0) is 31.7 Å². The standard InChI is InChI=1S/C14H18N2O3/c1-2-19-14(18)13(16-15)12(17)10-6-9-11-7-4-3-5-8-11/h3-5,7-8,12,17H,2,6,9-10H2,1H3. The zero-order valence-electron chi connectivity index (χ0n) is 11.0. The van der Waals surface area contributed by atoms with Gasteiger partial charge in [-0.2, -0.15) is 4.79 Å². The van der Waals surface area contributed by atoms with Gasteiger partial charge < -0.3 is 15.4 Å². The number of carbonyl (C=O) groups excluding carboxylic acids is 1. The first kappa shape index (κ1) is 15.1. The summed E-state index contributed by atoms with van der Waals surface area (Å²) in [4.78, 5) is 14.2. The summed E-state index contributed by atoms with van der Waals surface area (Å²) < 4.78 is 4.69. The number of hydrogen-bond donors (Lipinski definition) is 1. The molecule has 1 aromatic carbocycles. The smallest absolute Gasteiger partial charge is 0.419 e. The van der Waals surface area contributed by atoms with Crippen LogP contribution in [0.5, 0.6) is 0 Å². The fourth-order valence-corrected chi connectivity index (χ4v) is 1.73. The summed E-state index contributed by atoms with van der Waals surface area (Å²) in [7, 11) is 0. The highest BCUT2D eigenvalue weighted by Gasteiger charge is 2.30. The van der Waals surface area contributed by atoms with Crippen molar-refractivity contribution < 1.29 is 19.4 Å². The molecule has 0 aliphatic rings. The van der Waals surface area contributed by atoms with E-state index < -0.39 is 12.1 Å². The minimum atomic E-state index is -1.10. The zero-order valence-corrected chi connectivity index (χ0v) is 11.0. The molecule has 19 heavy (non-hydrogen) atoms. The van der Waals surface area contributed by atoms with Crippen molar-refractivity contribution >= 4 is 11.7 Å². The van der Waals surface area contributed by atoms with Crippen molar-refractivity contribution in [1.29, 1.82) is 0 Å². The highest BCUT2D eigenvalue weighted by atomic mass is 16.5. The van der Waals surface area contributed by atoms with Gasteiger partial charge in [0.2, 0.25) is 0 Å². The van der Waals surface area contributed by atoms with Crippen LogP contribution in [0.4, 0.5) is 0 Å². The van der Waals surface area contributed by atoms with Gasteiger partial charge >= 0.3 is 11.7 Å². The lowest BCUT2D eigenvalue weighted by Gasteiger charge is -2.06. The van der Waals surface area contributed by atoms with E-state index in [0.29, 0.717) is 12.8 Å². The van der Waals surface area contributed by atoms with Crippen LogP contribution in [0.3, 0.4) is 0 Å². The lowest BCUT2D eigenvalue weighted by Crippen LogP contribution is -2.31. The number of hydrogen-bond acceptors (Lipinski definition) is 3. The van der Waals surface area contributed by atoms with E-state index in [1.807, 2.05) is 30.3 Å². The predicted octanol–water partition coefficient (Wildman–Crippen LogP) is 1.60. The van der Waals surface area contributed by atoms with Crippen LogP contribution in [0.15, 0.2) is 30.3 Å². The number of aliphatic hydroxyl groups excluding tert-OH is 1. The molecule has 0 aliphatic carbocycles. The molecule has 0 aliphatic heterocycles. The maximum Gasteiger partial charge on any atom is 0.419 e. The second-order valence-corrected chi connectivity index (χ2v) is 4.10. The molecule has 5 nitrogen and oxygen atoms in total. The molecule has 0 spiro atoms. The van der Waals surface area contributed by atoms with Gasteiger partial charge in [0, 0.05) is 0 Å². The van der Waals surface area contributed by atoms with Gasteiger partial charge in [0.1, 0.15) is 0 Å². The number of carbonyl (C=O) groups is 1. The molecule has 1 N–H and O–H groups in total. The number of nitrogens with zero attached hydrogens (tertiary/aromatic N) is 2. The van der Waals surface area contributed by atoms with Crippen LogP contribution in [-0.2, 0) is 16.0 Å². The second-order valence-electron chi connectivity index (χ2n) is 4.10. The molecule has 1 unspecified atom stereocenters. The van der Waals surface area contributed by atoms with E-state index in [1.54, 1.807) is 6.92 Å². The van der Waals surface area contributed by atoms with Crippen molar-refractivity contribution in [2.24, 2.45) is 0 Å². The zero-order chi connectivity index (χ0) is 14.1. The van der Waals surface area contributed by atoms with E-state index in [-0.39, 0.29) is 12.3 Å². The first-order chi connectivity index (χ1) is 9.19. The van der Waals surface area contributed by atoms with Crippen LogP contribution >= 0.6 is 0 Å². The summed E-state index contributed by atoms with van der Waals surface area (Å²) >= 11 is 0. The minimum Gasteiger partial charge on any atom is -0.457 e. The Balaban J connectivity index is 2.44. The van der Waals surface area contributed by atoms with Crippen molar-refractivity contribution in [3.8, 4) is 0 Å². The molecular formula is C14H18N2O3. The van der Waals surface area contributed by atoms with Gasteiger partial charge in [0.05, 0.1) is 6.61 Å². The molecule has 1 aromatic rings. The maximum absolute atomic E-state index is 11.4. The molecule has 5 heteroatoms. The third-order valence-corrected chi connectivity index (χ3v) is 2.69. The summed E-state index contributed by atoms with van der Waals surface area (Å²) in [6.45, 7) is 1.82. The number of aliphatic hydroxyl groups is 1. The van der Waals surface area contributed by atoms with Crippen LogP contribution < -0.4 is 0 Å². The molecule has 0 fully saturated rings. The number of aryl methyl sites for hydroxylation is 1. The Hall–Kier alpha value is -1.97. The first-order valence-corrected chi connectivity index (χ1v) is 6.30. The number of esters is 1. The summed E-state index contributed by atoms with van der Waals surface area (Å²) in [5.74, 6) is -0.780. The summed E-state index contributed by atoms with van der Waals surface area (Å²) in [5, 5.41) is 9.79. The van der Waals surface area contributed by atoms with E-state index in [0.717, 1.165) is 12.0 Å². The van der Waals surface area contributed by atoms with Crippen molar-refractivity contribution in [3.63, 3.8) is 0 Å². The quantitative estimate of drug-likeness (QED) is 0.350. The molecule has 0 heterocycles. The van der Waals surface area contributed by atoms with Gasteiger partial charge in [-0.1, -0.05) is 30.3 Å². The Morgan fingerprint density at radius 3 is 2.68 bits per heavy atom. The van der Waals surface area contributed by atoms with Crippen LogP contribution in [0.25, 0.3) is 5.53 Å². The molecule has 0 bridgehead atoms. The van der Waals surface area contributed by atoms with E-state index >= 15 is 0 Å². The molecule has 0 saturated heterocycles. The third-order valence-electron chi connectivity index (χ3n) is 2.69. The maximum atomic E-state index is 11.4. The summed E-state index contributed by atoms with van der Waals surface area (Å²) in [6, 6.07) is 9.84. The Bertz CT molecular complexity index is 453. The topological polar surface area (TPSA) is 82.9 Å². The molecule has 0 radical (unpaired) electrons. The molecular weight excluding hydrogens is 244 g/mol. The minimum absolute atomic E-state index is 0.175. The summed E-state index contributed by atoms with van der Waals surface area (Å²) in [6.07, 6.45) is 0.712. The highest BCUT2D eigenvalue weighted by molar-refractivity contribution is 6.35. The Morgan fingerprint density at radius 1 is 1.42 bits per heavy atom. The first-order valence-electron chi connectivity index (χ1n) is 6.30. The van der Waals surface area contributed by atoms with Crippen LogP contribution in [0, 0.1) is 0 Å². The van der Waals surface area contributed by atoms with E-state index in [4.69, 9.17) is 10.3 Å². The van der Waals surface area contributed by atoms with E-state index in [2.05, 4.69) is 4.79 Å². The average Bonchev–Trinajstić information content (AvgIpc) is 2.41. The normalized spacial score (nSPS) is 11.5. The van der Waals surface area contributed by atoms with E-state index in [1.165, 1.54) is 0 Å². The van der Waals surface area contributed by atoms with Gasteiger partial charge in [0.15, 0.2) is 6.10 Å². The second kappa shape index (κ2) is 8.19. The molecule has 102 valence electrons. The number of benzene rings is 1. The number of rotatable bonds is 7. The molecule has 1 rings (SSSR count). The Labute approximate surface area is 112 Å². The van der Waals surface area contributed by atoms with Crippen LogP contribution in [0.1, 0.15) is 25.3 Å².